The average Bonchev–Trinajstić information content (AvgIpc) is 2.66. The molecule has 0 aliphatic heterocycles. The largest absolute Gasteiger partial charge is 0.497 e. The van der Waals surface area contributed by atoms with E-state index in [2.05, 4.69) is 5.32 Å². The van der Waals surface area contributed by atoms with Gasteiger partial charge in [-0.15, -0.1) is 0 Å². The molecule has 1 amide bonds. The highest BCUT2D eigenvalue weighted by Crippen LogP contribution is 2.33. The maximum absolute atomic E-state index is 12.4. The monoisotopic (exact) mass is 359 g/mol. The van der Waals surface area contributed by atoms with Crippen molar-refractivity contribution in [3.8, 4) is 23.0 Å². The van der Waals surface area contributed by atoms with Gasteiger partial charge in [-0.3, -0.25) is 4.79 Å². The molecule has 6 heteroatoms. The number of nitrogens with one attached hydrogen (secondary N) is 1. The lowest BCUT2D eigenvalue weighted by Crippen LogP contribution is -2.15. The summed E-state index contributed by atoms with van der Waals surface area (Å²) >= 11 is 0. The molecule has 1 atom stereocenters. The van der Waals surface area contributed by atoms with Gasteiger partial charge in [0.1, 0.15) is 11.5 Å². The molecule has 0 spiro atoms. The van der Waals surface area contributed by atoms with Crippen LogP contribution in [0.25, 0.3) is 0 Å². The Morgan fingerprint density at radius 3 is 2.19 bits per heavy atom. The Kier molecular flexibility index (Phi) is 6.72. The highest BCUT2D eigenvalue weighted by atomic mass is 16.5. The number of anilines is 1. The molecule has 6 nitrogen and oxygen atoms in total. The van der Waals surface area contributed by atoms with Crippen molar-refractivity contribution in [3.63, 3.8) is 0 Å². The van der Waals surface area contributed by atoms with Gasteiger partial charge in [0, 0.05) is 24.2 Å². The van der Waals surface area contributed by atoms with Crippen molar-refractivity contribution in [1.82, 2.24) is 0 Å². The van der Waals surface area contributed by atoms with Crippen molar-refractivity contribution in [3.05, 3.63) is 42.0 Å². The first kappa shape index (κ1) is 19.4. The maximum atomic E-state index is 12.4. The van der Waals surface area contributed by atoms with Crippen LogP contribution >= 0.6 is 0 Å². The summed E-state index contributed by atoms with van der Waals surface area (Å²) in [6.45, 7) is 1.98. The Balaban J connectivity index is 2.08. The summed E-state index contributed by atoms with van der Waals surface area (Å²) in [7, 11) is 6.34. The van der Waals surface area contributed by atoms with Gasteiger partial charge in [-0.2, -0.15) is 0 Å². The quantitative estimate of drug-likeness (QED) is 0.775. The van der Waals surface area contributed by atoms with Crippen molar-refractivity contribution in [2.24, 2.45) is 0 Å². The first-order valence-corrected chi connectivity index (χ1v) is 8.26. The molecule has 1 unspecified atom stereocenters. The third kappa shape index (κ3) is 4.59. The number of amides is 1. The zero-order valence-electron chi connectivity index (χ0n) is 15.8. The fourth-order valence-corrected chi connectivity index (χ4v) is 2.74. The normalized spacial score (nSPS) is 11.4. The number of benzene rings is 2. The lowest BCUT2D eigenvalue weighted by Gasteiger charge is -2.17. The fraction of sp³-hybridized carbons (Fsp3) is 0.350. The molecule has 0 heterocycles. The summed E-state index contributed by atoms with van der Waals surface area (Å²) < 4.78 is 21.1. The zero-order valence-corrected chi connectivity index (χ0v) is 15.8. The van der Waals surface area contributed by atoms with Crippen LogP contribution in [0.4, 0.5) is 5.69 Å². The summed E-state index contributed by atoms with van der Waals surface area (Å²) in [6, 6.07) is 10.9. The third-order valence-corrected chi connectivity index (χ3v) is 4.13. The number of ether oxygens (including phenoxy) is 4. The predicted octanol–water partition coefficient (Wildman–Crippen LogP) is 3.85. The first-order valence-electron chi connectivity index (χ1n) is 8.26. The van der Waals surface area contributed by atoms with Gasteiger partial charge in [0.05, 0.1) is 28.4 Å². The average molecular weight is 359 g/mol. The van der Waals surface area contributed by atoms with Crippen molar-refractivity contribution < 1.29 is 23.7 Å². The molecule has 2 rings (SSSR count). The standard InChI is InChI=1S/C20H25NO5/c1-13(16-8-7-15(23-2)12-18(16)25-4)10-20(22)21-14-6-9-17(24-3)19(11-14)26-5/h6-9,11-13H,10H2,1-5H3,(H,21,22). The van der Waals surface area contributed by atoms with Crippen LogP contribution in [0.5, 0.6) is 23.0 Å². The van der Waals surface area contributed by atoms with E-state index < -0.39 is 0 Å². The van der Waals surface area contributed by atoms with Crippen molar-refractivity contribution >= 4 is 11.6 Å². The molecule has 26 heavy (non-hydrogen) atoms. The molecule has 0 fully saturated rings. The topological polar surface area (TPSA) is 66.0 Å². The number of hydrogen-bond donors (Lipinski definition) is 1. The molecular weight excluding hydrogens is 334 g/mol. The van der Waals surface area contributed by atoms with E-state index in [9.17, 15) is 4.79 Å². The van der Waals surface area contributed by atoms with Crippen LogP contribution in [-0.2, 0) is 4.79 Å². The van der Waals surface area contributed by atoms with Crippen LogP contribution in [0.3, 0.4) is 0 Å². The number of methoxy groups -OCH3 is 4. The van der Waals surface area contributed by atoms with Crippen LogP contribution < -0.4 is 24.3 Å². The van der Waals surface area contributed by atoms with E-state index in [0.717, 1.165) is 5.56 Å². The smallest absolute Gasteiger partial charge is 0.224 e. The van der Waals surface area contributed by atoms with Gasteiger partial charge in [-0.1, -0.05) is 13.0 Å². The molecule has 2 aromatic carbocycles. The molecule has 0 saturated carbocycles. The maximum Gasteiger partial charge on any atom is 0.224 e. The second kappa shape index (κ2) is 8.99. The number of hydrogen-bond acceptors (Lipinski definition) is 5. The zero-order chi connectivity index (χ0) is 19.1. The van der Waals surface area contributed by atoms with E-state index in [1.165, 1.54) is 0 Å². The Labute approximate surface area is 154 Å². The molecule has 0 aliphatic rings. The molecule has 1 N–H and O–H groups in total. The van der Waals surface area contributed by atoms with E-state index in [1.54, 1.807) is 46.6 Å². The van der Waals surface area contributed by atoms with E-state index in [0.29, 0.717) is 35.1 Å². The van der Waals surface area contributed by atoms with E-state index in [-0.39, 0.29) is 11.8 Å². The van der Waals surface area contributed by atoms with E-state index in [1.807, 2.05) is 25.1 Å². The summed E-state index contributed by atoms with van der Waals surface area (Å²) in [6.07, 6.45) is 0.317. The van der Waals surface area contributed by atoms with Crippen molar-refractivity contribution in [2.75, 3.05) is 33.8 Å². The van der Waals surface area contributed by atoms with Gasteiger partial charge in [-0.05, 0) is 29.7 Å². The molecule has 140 valence electrons. The van der Waals surface area contributed by atoms with Crippen LogP contribution in [0.2, 0.25) is 0 Å². The predicted molar refractivity (Wildman–Crippen MR) is 101 cm³/mol. The minimum atomic E-state index is -0.0948. The lowest BCUT2D eigenvalue weighted by molar-refractivity contribution is -0.116. The lowest BCUT2D eigenvalue weighted by atomic mass is 9.96. The molecule has 0 radical (unpaired) electrons. The molecule has 0 aliphatic carbocycles. The van der Waals surface area contributed by atoms with Crippen LogP contribution in [0.15, 0.2) is 36.4 Å². The van der Waals surface area contributed by atoms with Crippen LogP contribution in [-0.4, -0.2) is 34.3 Å². The number of carbonyl (C=O) groups is 1. The Morgan fingerprint density at radius 2 is 1.58 bits per heavy atom. The van der Waals surface area contributed by atoms with Gasteiger partial charge in [0.25, 0.3) is 0 Å². The minimum absolute atomic E-state index is 0.0176. The molecule has 0 saturated heterocycles. The fourth-order valence-electron chi connectivity index (χ4n) is 2.74. The van der Waals surface area contributed by atoms with Gasteiger partial charge in [-0.25, -0.2) is 0 Å². The van der Waals surface area contributed by atoms with E-state index >= 15 is 0 Å². The van der Waals surface area contributed by atoms with Crippen molar-refractivity contribution in [2.45, 2.75) is 19.3 Å². The van der Waals surface area contributed by atoms with E-state index in [4.69, 9.17) is 18.9 Å². The van der Waals surface area contributed by atoms with Crippen molar-refractivity contribution in [1.29, 1.82) is 0 Å². The second-order valence-electron chi connectivity index (χ2n) is 5.83. The number of rotatable bonds is 8. The summed E-state index contributed by atoms with van der Waals surface area (Å²) in [5.74, 6) is 2.49. The Bertz CT molecular complexity index is 760. The molecule has 0 bridgehead atoms. The van der Waals surface area contributed by atoms with Gasteiger partial charge in [0.2, 0.25) is 5.91 Å². The first-order chi connectivity index (χ1) is 12.5. The van der Waals surface area contributed by atoms with Crippen LogP contribution in [0.1, 0.15) is 24.8 Å². The Hall–Kier alpha value is -2.89. The summed E-state index contributed by atoms with van der Waals surface area (Å²) in [4.78, 5) is 12.4. The van der Waals surface area contributed by atoms with Gasteiger partial charge in [0.15, 0.2) is 11.5 Å². The molecule has 0 aromatic heterocycles. The third-order valence-electron chi connectivity index (χ3n) is 4.13. The second-order valence-corrected chi connectivity index (χ2v) is 5.83. The van der Waals surface area contributed by atoms with Crippen LogP contribution in [0, 0.1) is 0 Å². The Morgan fingerprint density at radius 1 is 0.885 bits per heavy atom. The van der Waals surface area contributed by atoms with Gasteiger partial charge >= 0.3 is 0 Å². The highest BCUT2D eigenvalue weighted by Gasteiger charge is 2.17. The SMILES string of the molecule is COc1ccc(C(C)CC(=O)Nc2ccc(OC)c(OC)c2)c(OC)c1. The highest BCUT2D eigenvalue weighted by molar-refractivity contribution is 5.91. The minimum Gasteiger partial charge on any atom is -0.497 e. The van der Waals surface area contributed by atoms with Gasteiger partial charge < -0.3 is 24.3 Å². The summed E-state index contributed by atoms with van der Waals surface area (Å²) in [5.41, 5.74) is 1.61. The molecule has 2 aromatic rings. The summed E-state index contributed by atoms with van der Waals surface area (Å²) in [5, 5.41) is 2.89. The number of carbonyl (C=O) groups excluding carboxylic acids is 1. The molecular formula is C20H25NO5.